The molecule has 0 saturated carbocycles. The van der Waals surface area contributed by atoms with Gasteiger partial charge in [-0.05, 0) is 24.6 Å². The molecule has 6 nitrogen and oxygen atoms in total. The molecule has 0 unspecified atom stereocenters. The quantitative estimate of drug-likeness (QED) is 0.815. The number of carboxylic acids is 1. The molecule has 0 aliphatic carbocycles. The monoisotopic (exact) mass is 266 g/mol. The predicted octanol–water partition coefficient (Wildman–Crippen LogP) is 0.622. The zero-order valence-corrected chi connectivity index (χ0v) is 10.8. The number of rotatable bonds is 6. The Morgan fingerprint density at radius 3 is 2.42 bits per heavy atom. The topological polar surface area (TPSA) is 87.7 Å². The van der Waals surface area contributed by atoms with E-state index in [9.17, 15) is 14.7 Å². The summed E-state index contributed by atoms with van der Waals surface area (Å²) >= 11 is 0. The minimum absolute atomic E-state index is 0.215. The maximum atomic E-state index is 11.4. The largest absolute Gasteiger partial charge is 0.550 e. The molecule has 0 aliphatic rings. The Hall–Kier alpha value is -2.24. The van der Waals surface area contributed by atoms with Gasteiger partial charge < -0.3 is 24.7 Å². The van der Waals surface area contributed by atoms with Crippen molar-refractivity contribution in [3.63, 3.8) is 0 Å². The molecule has 0 fully saturated rings. The lowest BCUT2D eigenvalue weighted by molar-refractivity contribution is -0.306. The average molecular weight is 266 g/mol. The fourth-order valence-corrected chi connectivity index (χ4v) is 1.57. The van der Waals surface area contributed by atoms with E-state index in [1.54, 1.807) is 31.2 Å². The third-order valence-electron chi connectivity index (χ3n) is 2.46. The second-order valence-electron chi connectivity index (χ2n) is 3.77. The summed E-state index contributed by atoms with van der Waals surface area (Å²) in [6, 6.07) is 6.03. The molecule has 1 aromatic rings. The highest BCUT2D eigenvalue weighted by atomic mass is 16.5. The van der Waals surface area contributed by atoms with E-state index in [-0.39, 0.29) is 13.0 Å². The first-order valence-corrected chi connectivity index (χ1v) is 5.84. The first kappa shape index (κ1) is 14.8. The summed E-state index contributed by atoms with van der Waals surface area (Å²) in [5.74, 6) is -0.607. The summed E-state index contributed by atoms with van der Waals surface area (Å²) in [6.45, 7) is 1.88. The van der Waals surface area contributed by atoms with Gasteiger partial charge in [0.1, 0.15) is 5.75 Å². The Labute approximate surface area is 111 Å². The normalized spacial score (nSPS) is 11.5. The van der Waals surface area contributed by atoms with Crippen molar-refractivity contribution in [2.45, 2.75) is 19.4 Å². The number of methoxy groups -OCH3 is 1. The second-order valence-corrected chi connectivity index (χ2v) is 3.77. The van der Waals surface area contributed by atoms with E-state index in [4.69, 9.17) is 9.47 Å². The van der Waals surface area contributed by atoms with Crippen LogP contribution in [-0.2, 0) is 9.53 Å². The first-order valence-electron chi connectivity index (χ1n) is 5.84. The van der Waals surface area contributed by atoms with Gasteiger partial charge in [-0.25, -0.2) is 4.79 Å². The maximum absolute atomic E-state index is 11.4. The van der Waals surface area contributed by atoms with Gasteiger partial charge in [-0.15, -0.1) is 0 Å². The van der Waals surface area contributed by atoms with Gasteiger partial charge >= 0.3 is 6.09 Å². The minimum Gasteiger partial charge on any atom is -0.550 e. The van der Waals surface area contributed by atoms with Crippen LogP contribution in [0.25, 0.3) is 0 Å². The number of carboxylic acid groups (broad SMARTS) is 1. The minimum atomic E-state index is -1.25. The van der Waals surface area contributed by atoms with Crippen molar-refractivity contribution in [3.05, 3.63) is 29.8 Å². The van der Waals surface area contributed by atoms with E-state index < -0.39 is 18.1 Å². The number of nitrogens with one attached hydrogen (secondary N) is 1. The lowest BCUT2D eigenvalue weighted by Crippen LogP contribution is -2.34. The van der Waals surface area contributed by atoms with E-state index >= 15 is 0 Å². The van der Waals surface area contributed by atoms with E-state index in [0.717, 1.165) is 0 Å². The molecule has 1 aromatic carbocycles. The van der Waals surface area contributed by atoms with Crippen LogP contribution in [0, 0.1) is 0 Å². The van der Waals surface area contributed by atoms with Crippen LogP contribution in [0.3, 0.4) is 0 Å². The summed E-state index contributed by atoms with van der Waals surface area (Å²) in [4.78, 5) is 22.1. The Bertz CT molecular complexity index is 429. The molecule has 0 aliphatic heterocycles. The van der Waals surface area contributed by atoms with Crippen LogP contribution in [0.4, 0.5) is 4.79 Å². The van der Waals surface area contributed by atoms with E-state index in [1.807, 2.05) is 0 Å². The van der Waals surface area contributed by atoms with Gasteiger partial charge in [-0.3, -0.25) is 0 Å². The summed E-state index contributed by atoms with van der Waals surface area (Å²) in [5.41, 5.74) is 0.637. The highest BCUT2D eigenvalue weighted by Gasteiger charge is 2.15. The van der Waals surface area contributed by atoms with E-state index in [1.165, 1.54) is 7.11 Å². The Balaban J connectivity index is 2.82. The van der Waals surface area contributed by atoms with Crippen molar-refractivity contribution in [2.75, 3.05) is 13.7 Å². The highest BCUT2D eigenvalue weighted by molar-refractivity contribution is 5.71. The van der Waals surface area contributed by atoms with Crippen LogP contribution in [0.5, 0.6) is 5.75 Å². The van der Waals surface area contributed by atoms with Crippen LogP contribution in [0.2, 0.25) is 0 Å². The zero-order valence-electron chi connectivity index (χ0n) is 10.8. The standard InChI is InChI=1S/C13H17NO5/c1-3-19-13(17)14-11(8-12(15)16)9-4-6-10(18-2)7-5-9/h4-7,11H,3,8H2,1-2H3,(H,14,17)(H,15,16)/p-1/t11-/m1/s1. The lowest BCUT2D eigenvalue weighted by atomic mass is 10.0. The second kappa shape index (κ2) is 7.25. The molecule has 1 rings (SSSR count). The van der Waals surface area contributed by atoms with Crippen molar-refractivity contribution in [1.29, 1.82) is 0 Å². The van der Waals surface area contributed by atoms with Crippen molar-refractivity contribution in [2.24, 2.45) is 0 Å². The van der Waals surface area contributed by atoms with Crippen LogP contribution in [0.1, 0.15) is 24.9 Å². The SMILES string of the molecule is CCOC(=O)N[C@H](CC(=O)[O-])c1ccc(OC)cc1. The number of benzene rings is 1. The highest BCUT2D eigenvalue weighted by Crippen LogP contribution is 2.20. The number of carbonyl (C=O) groups is 2. The molecule has 0 bridgehead atoms. The van der Waals surface area contributed by atoms with Gasteiger partial charge in [0.05, 0.1) is 19.8 Å². The van der Waals surface area contributed by atoms with Gasteiger partial charge in [0, 0.05) is 12.4 Å². The van der Waals surface area contributed by atoms with Crippen LogP contribution >= 0.6 is 0 Å². The van der Waals surface area contributed by atoms with Gasteiger partial charge in [-0.2, -0.15) is 0 Å². The molecule has 104 valence electrons. The number of hydrogen-bond acceptors (Lipinski definition) is 5. The molecule has 0 aromatic heterocycles. The van der Waals surface area contributed by atoms with Crippen molar-refractivity contribution >= 4 is 12.1 Å². The number of alkyl carbamates (subject to hydrolysis) is 1. The summed E-state index contributed by atoms with van der Waals surface area (Å²) in [7, 11) is 1.53. The molecule has 19 heavy (non-hydrogen) atoms. The van der Waals surface area contributed by atoms with Crippen LogP contribution in [-0.4, -0.2) is 25.8 Å². The Morgan fingerprint density at radius 2 is 1.95 bits per heavy atom. The number of hydrogen-bond donors (Lipinski definition) is 1. The van der Waals surface area contributed by atoms with Gasteiger partial charge in [-0.1, -0.05) is 12.1 Å². The van der Waals surface area contributed by atoms with Crippen molar-refractivity contribution < 1.29 is 24.2 Å². The molecule has 0 heterocycles. The fraction of sp³-hybridized carbons (Fsp3) is 0.385. The van der Waals surface area contributed by atoms with Gasteiger partial charge in [0.25, 0.3) is 0 Å². The van der Waals surface area contributed by atoms with E-state index in [2.05, 4.69) is 5.32 Å². The first-order chi connectivity index (χ1) is 9.06. The Kier molecular flexibility index (Phi) is 5.66. The summed E-state index contributed by atoms with van der Waals surface area (Å²) < 4.78 is 9.74. The van der Waals surface area contributed by atoms with Gasteiger partial charge in [0.2, 0.25) is 0 Å². The molecule has 6 heteroatoms. The fourth-order valence-electron chi connectivity index (χ4n) is 1.57. The molecule has 1 amide bonds. The Morgan fingerprint density at radius 1 is 1.32 bits per heavy atom. The average Bonchev–Trinajstić information content (AvgIpc) is 2.38. The molecular formula is C13H16NO5-. The summed E-state index contributed by atoms with van der Waals surface area (Å²) in [5, 5.41) is 13.2. The number of ether oxygens (including phenoxy) is 2. The smallest absolute Gasteiger partial charge is 0.407 e. The molecule has 0 saturated heterocycles. The molecule has 0 radical (unpaired) electrons. The predicted molar refractivity (Wildman–Crippen MR) is 65.5 cm³/mol. The third-order valence-corrected chi connectivity index (χ3v) is 2.46. The molecule has 1 N–H and O–H groups in total. The third kappa shape index (κ3) is 4.87. The maximum Gasteiger partial charge on any atom is 0.407 e. The molecule has 1 atom stereocenters. The number of aliphatic carboxylic acids is 1. The summed E-state index contributed by atoms with van der Waals surface area (Å²) in [6.07, 6.45) is -0.991. The van der Waals surface area contributed by atoms with E-state index in [0.29, 0.717) is 11.3 Å². The molecule has 0 spiro atoms. The zero-order chi connectivity index (χ0) is 14.3. The van der Waals surface area contributed by atoms with Gasteiger partial charge in [0.15, 0.2) is 0 Å². The number of carbonyl (C=O) groups excluding carboxylic acids is 2. The van der Waals surface area contributed by atoms with Crippen molar-refractivity contribution in [3.8, 4) is 5.75 Å². The lowest BCUT2D eigenvalue weighted by Gasteiger charge is -2.19. The van der Waals surface area contributed by atoms with Crippen molar-refractivity contribution in [1.82, 2.24) is 5.32 Å². The van der Waals surface area contributed by atoms with Crippen LogP contribution in [0.15, 0.2) is 24.3 Å². The number of amides is 1. The van der Waals surface area contributed by atoms with Crippen LogP contribution < -0.4 is 15.2 Å². The molecular weight excluding hydrogens is 250 g/mol.